The quantitative estimate of drug-likeness (QED) is 0.769. The molecule has 7 heteroatoms. The van der Waals surface area contributed by atoms with Crippen molar-refractivity contribution >= 4 is 5.97 Å². The SMILES string of the molecule is O=C(O)C1CCc2nc(CCOCC(F)F)[nH]c2C1. The Morgan fingerprint density at radius 1 is 1.58 bits per heavy atom. The van der Waals surface area contributed by atoms with Crippen molar-refractivity contribution in [2.75, 3.05) is 13.2 Å². The minimum absolute atomic E-state index is 0.180. The standard InChI is InChI=1S/C12H16F2N2O3/c13-10(14)6-19-4-3-11-15-8-2-1-7(12(17)18)5-9(8)16-11/h7,10H,1-6H2,(H,15,16)(H,17,18). The van der Waals surface area contributed by atoms with Crippen LogP contribution in [0.2, 0.25) is 0 Å². The van der Waals surface area contributed by atoms with Crippen molar-refractivity contribution in [2.45, 2.75) is 32.1 Å². The van der Waals surface area contributed by atoms with E-state index in [1.807, 2.05) is 0 Å². The molecule has 0 bridgehead atoms. The molecular formula is C12H16F2N2O3. The average Bonchev–Trinajstić information content (AvgIpc) is 2.75. The molecule has 0 radical (unpaired) electrons. The van der Waals surface area contributed by atoms with Crippen LogP contribution in [-0.4, -0.2) is 40.7 Å². The number of aliphatic carboxylic acids is 1. The van der Waals surface area contributed by atoms with Crippen LogP contribution in [-0.2, 0) is 28.8 Å². The number of nitrogens with zero attached hydrogens (tertiary/aromatic N) is 1. The van der Waals surface area contributed by atoms with Gasteiger partial charge in [-0.2, -0.15) is 0 Å². The minimum atomic E-state index is -2.46. The summed E-state index contributed by atoms with van der Waals surface area (Å²) in [5.41, 5.74) is 1.74. The van der Waals surface area contributed by atoms with E-state index in [1.54, 1.807) is 0 Å². The van der Waals surface area contributed by atoms with Crippen molar-refractivity contribution in [1.82, 2.24) is 9.97 Å². The second-order valence-electron chi connectivity index (χ2n) is 4.60. The third-order valence-corrected chi connectivity index (χ3v) is 3.17. The van der Waals surface area contributed by atoms with E-state index in [4.69, 9.17) is 9.84 Å². The van der Waals surface area contributed by atoms with Crippen LogP contribution >= 0.6 is 0 Å². The van der Waals surface area contributed by atoms with E-state index >= 15 is 0 Å². The number of alkyl halides is 2. The van der Waals surface area contributed by atoms with E-state index < -0.39 is 19.0 Å². The van der Waals surface area contributed by atoms with Crippen LogP contribution in [0.25, 0.3) is 0 Å². The van der Waals surface area contributed by atoms with Crippen molar-refractivity contribution in [1.29, 1.82) is 0 Å². The number of aromatic amines is 1. The lowest BCUT2D eigenvalue weighted by Gasteiger charge is -2.16. The first-order valence-electron chi connectivity index (χ1n) is 6.21. The fourth-order valence-electron chi connectivity index (χ4n) is 2.21. The first-order valence-corrected chi connectivity index (χ1v) is 6.21. The second-order valence-corrected chi connectivity index (χ2v) is 4.60. The normalized spacial score (nSPS) is 18.6. The van der Waals surface area contributed by atoms with E-state index in [1.165, 1.54) is 0 Å². The Balaban J connectivity index is 1.87. The maximum absolute atomic E-state index is 11.9. The van der Waals surface area contributed by atoms with Crippen molar-refractivity contribution < 1.29 is 23.4 Å². The van der Waals surface area contributed by atoms with Crippen LogP contribution in [0, 0.1) is 5.92 Å². The molecule has 2 N–H and O–H groups in total. The summed E-state index contributed by atoms with van der Waals surface area (Å²) in [7, 11) is 0. The van der Waals surface area contributed by atoms with Gasteiger partial charge in [0.2, 0.25) is 0 Å². The van der Waals surface area contributed by atoms with Gasteiger partial charge < -0.3 is 14.8 Å². The van der Waals surface area contributed by atoms with Crippen LogP contribution < -0.4 is 0 Å². The van der Waals surface area contributed by atoms with Gasteiger partial charge in [0.1, 0.15) is 12.4 Å². The van der Waals surface area contributed by atoms with Gasteiger partial charge in [-0.15, -0.1) is 0 Å². The molecule has 0 fully saturated rings. The number of carboxylic acids is 1. The van der Waals surface area contributed by atoms with Crippen LogP contribution in [0.3, 0.4) is 0 Å². The zero-order chi connectivity index (χ0) is 13.8. The van der Waals surface area contributed by atoms with Crippen molar-refractivity contribution in [3.63, 3.8) is 0 Å². The fraction of sp³-hybridized carbons (Fsp3) is 0.667. The van der Waals surface area contributed by atoms with Gasteiger partial charge in [-0.3, -0.25) is 4.79 Å². The molecule has 1 unspecified atom stereocenters. The highest BCUT2D eigenvalue weighted by Gasteiger charge is 2.26. The molecule has 106 valence electrons. The molecule has 19 heavy (non-hydrogen) atoms. The number of carboxylic acid groups (broad SMARTS) is 1. The summed E-state index contributed by atoms with van der Waals surface area (Å²) in [6.45, 7) is -0.388. The van der Waals surface area contributed by atoms with Gasteiger partial charge in [-0.05, 0) is 12.8 Å². The molecule has 5 nitrogen and oxygen atoms in total. The highest BCUT2D eigenvalue weighted by Crippen LogP contribution is 2.24. The topological polar surface area (TPSA) is 75.2 Å². The lowest BCUT2D eigenvalue weighted by atomic mass is 9.90. The predicted octanol–water partition coefficient (Wildman–Crippen LogP) is 1.42. The fourth-order valence-corrected chi connectivity index (χ4v) is 2.21. The largest absolute Gasteiger partial charge is 0.481 e. The zero-order valence-electron chi connectivity index (χ0n) is 10.4. The molecular weight excluding hydrogens is 258 g/mol. The molecule has 0 aromatic carbocycles. The van der Waals surface area contributed by atoms with Gasteiger partial charge in [0.25, 0.3) is 6.43 Å². The minimum Gasteiger partial charge on any atom is -0.481 e. The van der Waals surface area contributed by atoms with E-state index in [0.29, 0.717) is 31.5 Å². The molecule has 0 saturated carbocycles. The number of rotatable bonds is 6. The highest BCUT2D eigenvalue weighted by molar-refractivity contribution is 5.70. The summed E-state index contributed by atoms with van der Waals surface area (Å²) in [6, 6.07) is 0. The Bertz CT molecular complexity index is 448. The summed E-state index contributed by atoms with van der Waals surface area (Å²) < 4.78 is 28.5. The monoisotopic (exact) mass is 274 g/mol. The van der Waals surface area contributed by atoms with Crippen LogP contribution in [0.5, 0.6) is 0 Å². The number of imidazole rings is 1. The predicted molar refractivity (Wildman–Crippen MR) is 62.3 cm³/mol. The van der Waals surface area contributed by atoms with Crippen LogP contribution in [0.15, 0.2) is 0 Å². The third kappa shape index (κ3) is 3.73. The molecule has 1 aliphatic rings. The number of aryl methyl sites for hydroxylation is 1. The molecule has 0 aliphatic heterocycles. The highest BCUT2D eigenvalue weighted by atomic mass is 19.3. The van der Waals surface area contributed by atoms with Crippen LogP contribution in [0.1, 0.15) is 23.6 Å². The maximum Gasteiger partial charge on any atom is 0.306 e. The Labute approximate surface area is 109 Å². The number of nitrogens with one attached hydrogen (secondary N) is 1. The Morgan fingerprint density at radius 2 is 2.37 bits per heavy atom. The molecule has 1 aromatic rings. The van der Waals surface area contributed by atoms with Gasteiger partial charge in [-0.1, -0.05) is 0 Å². The van der Waals surface area contributed by atoms with Gasteiger partial charge in [0.05, 0.1) is 18.2 Å². The van der Waals surface area contributed by atoms with Crippen molar-refractivity contribution in [3.8, 4) is 0 Å². The summed E-state index contributed by atoms with van der Waals surface area (Å²) in [5.74, 6) is -0.483. The molecule has 0 spiro atoms. The average molecular weight is 274 g/mol. The van der Waals surface area contributed by atoms with Gasteiger partial charge in [-0.25, -0.2) is 13.8 Å². The molecule has 1 aliphatic carbocycles. The first kappa shape index (κ1) is 13.9. The molecule has 0 amide bonds. The molecule has 1 atom stereocenters. The number of ether oxygens (including phenoxy) is 1. The Morgan fingerprint density at radius 3 is 3.05 bits per heavy atom. The number of fused-ring (bicyclic) bond motifs is 1. The van der Waals surface area contributed by atoms with E-state index in [-0.39, 0.29) is 12.5 Å². The summed E-state index contributed by atoms with van der Waals surface area (Å²) in [6.07, 6.45) is -0.344. The number of carbonyl (C=O) groups is 1. The van der Waals surface area contributed by atoms with E-state index in [2.05, 4.69) is 9.97 Å². The Kier molecular flexibility index (Phi) is 4.47. The maximum atomic E-state index is 11.9. The molecule has 0 saturated heterocycles. The lowest BCUT2D eigenvalue weighted by molar-refractivity contribution is -0.142. The van der Waals surface area contributed by atoms with E-state index in [0.717, 1.165) is 11.4 Å². The van der Waals surface area contributed by atoms with Crippen LogP contribution in [0.4, 0.5) is 8.78 Å². The molecule has 1 heterocycles. The number of halogens is 2. The second kappa shape index (κ2) is 6.10. The smallest absolute Gasteiger partial charge is 0.306 e. The van der Waals surface area contributed by atoms with Crippen molar-refractivity contribution in [3.05, 3.63) is 17.2 Å². The number of aromatic nitrogens is 2. The van der Waals surface area contributed by atoms with Gasteiger partial charge >= 0.3 is 5.97 Å². The zero-order valence-corrected chi connectivity index (χ0v) is 10.4. The third-order valence-electron chi connectivity index (χ3n) is 3.17. The number of hydrogen-bond donors (Lipinski definition) is 2. The van der Waals surface area contributed by atoms with E-state index in [9.17, 15) is 13.6 Å². The summed E-state index contributed by atoms with van der Waals surface area (Å²) in [5, 5.41) is 8.97. The Hall–Kier alpha value is -1.50. The number of hydrogen-bond acceptors (Lipinski definition) is 3. The number of H-pyrrole nitrogens is 1. The van der Waals surface area contributed by atoms with Crippen molar-refractivity contribution in [2.24, 2.45) is 5.92 Å². The summed E-state index contributed by atoms with van der Waals surface area (Å²) in [4.78, 5) is 18.3. The van der Waals surface area contributed by atoms with Gasteiger partial charge in [0, 0.05) is 18.5 Å². The molecule has 1 aromatic heterocycles. The lowest BCUT2D eigenvalue weighted by Crippen LogP contribution is -2.22. The summed E-state index contributed by atoms with van der Waals surface area (Å²) >= 11 is 0. The first-order chi connectivity index (χ1) is 9.06. The molecule has 2 rings (SSSR count). The van der Waals surface area contributed by atoms with Gasteiger partial charge in [0.15, 0.2) is 0 Å².